The van der Waals surface area contributed by atoms with Crippen LogP contribution in [0.2, 0.25) is 0 Å². The third-order valence-corrected chi connectivity index (χ3v) is 3.35. The van der Waals surface area contributed by atoms with E-state index < -0.39 is 0 Å². The van der Waals surface area contributed by atoms with Crippen molar-refractivity contribution < 1.29 is 9.53 Å². The SMILES string of the molecule is CCSc1ccc(C(=O)N2CCOCCN2)cn1. The summed E-state index contributed by atoms with van der Waals surface area (Å²) in [7, 11) is 0. The number of hydrazine groups is 1. The summed E-state index contributed by atoms with van der Waals surface area (Å²) in [5.74, 6) is 0.923. The lowest BCUT2D eigenvalue weighted by molar-refractivity contribution is 0.0660. The van der Waals surface area contributed by atoms with E-state index in [-0.39, 0.29) is 5.91 Å². The standard InChI is InChI=1S/C12H17N3O2S/c1-2-18-11-4-3-10(9-13-11)12(16)15-6-8-17-7-5-14-15/h3-4,9,14H,2,5-8H2,1H3. The number of amides is 1. The zero-order valence-electron chi connectivity index (χ0n) is 10.4. The van der Waals surface area contributed by atoms with Gasteiger partial charge in [-0.05, 0) is 17.9 Å². The topological polar surface area (TPSA) is 54.5 Å². The van der Waals surface area contributed by atoms with Gasteiger partial charge in [0.15, 0.2) is 0 Å². The number of carbonyl (C=O) groups is 1. The molecule has 2 rings (SSSR count). The quantitative estimate of drug-likeness (QED) is 0.833. The zero-order valence-corrected chi connectivity index (χ0v) is 11.2. The summed E-state index contributed by atoms with van der Waals surface area (Å²) in [4.78, 5) is 16.4. The second kappa shape index (κ2) is 6.72. The fourth-order valence-corrected chi connectivity index (χ4v) is 2.25. The first-order valence-electron chi connectivity index (χ1n) is 6.03. The third-order valence-electron chi connectivity index (χ3n) is 2.53. The summed E-state index contributed by atoms with van der Waals surface area (Å²) < 4.78 is 5.29. The van der Waals surface area contributed by atoms with Crippen LogP contribution in [-0.2, 0) is 4.74 Å². The molecule has 1 aliphatic heterocycles. The summed E-state index contributed by atoms with van der Waals surface area (Å²) in [6.45, 7) is 4.49. The fourth-order valence-electron chi connectivity index (χ4n) is 1.66. The van der Waals surface area contributed by atoms with Crippen LogP contribution in [0.3, 0.4) is 0 Å². The minimum absolute atomic E-state index is 0.0546. The van der Waals surface area contributed by atoms with Crippen molar-refractivity contribution in [2.24, 2.45) is 0 Å². The molecule has 1 N–H and O–H groups in total. The Labute approximate surface area is 111 Å². The molecule has 1 fully saturated rings. The van der Waals surface area contributed by atoms with E-state index in [1.807, 2.05) is 12.1 Å². The summed E-state index contributed by atoms with van der Waals surface area (Å²) >= 11 is 1.66. The number of aromatic nitrogens is 1. The molecule has 0 unspecified atom stereocenters. The van der Waals surface area contributed by atoms with Gasteiger partial charge in [0, 0.05) is 12.7 Å². The van der Waals surface area contributed by atoms with Gasteiger partial charge in [0.05, 0.1) is 30.3 Å². The first-order valence-corrected chi connectivity index (χ1v) is 7.02. The lowest BCUT2D eigenvalue weighted by Crippen LogP contribution is -2.43. The predicted molar refractivity (Wildman–Crippen MR) is 70.5 cm³/mol. The molecule has 0 atom stereocenters. The van der Waals surface area contributed by atoms with Gasteiger partial charge in [-0.1, -0.05) is 6.92 Å². The first-order chi connectivity index (χ1) is 8.81. The van der Waals surface area contributed by atoms with E-state index in [0.717, 1.165) is 10.8 Å². The zero-order chi connectivity index (χ0) is 12.8. The molecular weight excluding hydrogens is 250 g/mol. The number of nitrogens with zero attached hydrogens (tertiary/aromatic N) is 2. The number of nitrogens with one attached hydrogen (secondary N) is 1. The molecule has 0 bridgehead atoms. The maximum Gasteiger partial charge on any atom is 0.269 e. The molecule has 18 heavy (non-hydrogen) atoms. The number of hydrogen-bond donors (Lipinski definition) is 1. The number of rotatable bonds is 3. The Bertz CT molecular complexity index is 389. The molecule has 6 heteroatoms. The van der Waals surface area contributed by atoms with E-state index in [1.54, 1.807) is 23.0 Å². The molecule has 1 aromatic heterocycles. The van der Waals surface area contributed by atoms with Gasteiger partial charge in [-0.3, -0.25) is 9.80 Å². The van der Waals surface area contributed by atoms with Crippen molar-refractivity contribution in [3.05, 3.63) is 23.9 Å². The molecule has 0 saturated carbocycles. The summed E-state index contributed by atoms with van der Waals surface area (Å²) in [6, 6.07) is 3.70. The molecule has 1 aliphatic rings. The average molecular weight is 267 g/mol. The number of carbonyl (C=O) groups excluding carboxylic acids is 1. The van der Waals surface area contributed by atoms with E-state index in [9.17, 15) is 4.79 Å². The maximum absolute atomic E-state index is 12.2. The first kappa shape index (κ1) is 13.3. The van der Waals surface area contributed by atoms with Crippen molar-refractivity contribution in [2.75, 3.05) is 32.1 Å². The normalized spacial score (nSPS) is 16.4. The van der Waals surface area contributed by atoms with Gasteiger partial charge in [0.2, 0.25) is 0 Å². The van der Waals surface area contributed by atoms with Crippen molar-refractivity contribution in [3.63, 3.8) is 0 Å². The van der Waals surface area contributed by atoms with Crippen LogP contribution < -0.4 is 5.43 Å². The van der Waals surface area contributed by atoms with Crippen molar-refractivity contribution in [3.8, 4) is 0 Å². The highest BCUT2D eigenvalue weighted by Crippen LogP contribution is 2.15. The van der Waals surface area contributed by atoms with Gasteiger partial charge in [-0.25, -0.2) is 10.4 Å². The van der Waals surface area contributed by atoms with Gasteiger partial charge < -0.3 is 4.74 Å². The molecule has 5 nitrogen and oxygen atoms in total. The van der Waals surface area contributed by atoms with Crippen LogP contribution in [0.5, 0.6) is 0 Å². The average Bonchev–Trinajstić information content (AvgIpc) is 2.68. The minimum Gasteiger partial charge on any atom is -0.378 e. The highest BCUT2D eigenvalue weighted by Gasteiger charge is 2.17. The second-order valence-corrected chi connectivity index (χ2v) is 5.08. The lowest BCUT2D eigenvalue weighted by Gasteiger charge is -2.20. The largest absolute Gasteiger partial charge is 0.378 e. The van der Waals surface area contributed by atoms with Crippen molar-refractivity contribution in [2.45, 2.75) is 11.9 Å². The Morgan fingerprint density at radius 2 is 2.44 bits per heavy atom. The maximum atomic E-state index is 12.2. The Morgan fingerprint density at radius 1 is 1.56 bits per heavy atom. The third kappa shape index (κ3) is 3.44. The summed E-state index contributed by atoms with van der Waals surface area (Å²) in [5, 5.41) is 2.54. The van der Waals surface area contributed by atoms with Gasteiger partial charge >= 0.3 is 0 Å². The molecule has 2 heterocycles. The molecular formula is C12H17N3O2S. The fraction of sp³-hybridized carbons (Fsp3) is 0.500. The van der Waals surface area contributed by atoms with Crippen LogP contribution in [0.15, 0.2) is 23.4 Å². The monoisotopic (exact) mass is 267 g/mol. The van der Waals surface area contributed by atoms with E-state index in [1.165, 1.54) is 0 Å². The highest BCUT2D eigenvalue weighted by molar-refractivity contribution is 7.99. The Kier molecular flexibility index (Phi) is 4.98. The predicted octanol–water partition coefficient (Wildman–Crippen LogP) is 1.17. The van der Waals surface area contributed by atoms with Crippen molar-refractivity contribution in [1.82, 2.24) is 15.4 Å². The number of hydrogen-bond acceptors (Lipinski definition) is 5. The van der Waals surface area contributed by atoms with Gasteiger partial charge in [-0.2, -0.15) is 0 Å². The molecule has 98 valence electrons. The molecule has 1 aromatic rings. The molecule has 1 saturated heterocycles. The van der Waals surface area contributed by atoms with E-state index in [0.29, 0.717) is 31.9 Å². The smallest absolute Gasteiger partial charge is 0.269 e. The number of ether oxygens (including phenoxy) is 1. The Morgan fingerprint density at radius 3 is 3.17 bits per heavy atom. The highest BCUT2D eigenvalue weighted by atomic mass is 32.2. The summed E-state index contributed by atoms with van der Waals surface area (Å²) in [5.41, 5.74) is 3.65. The van der Waals surface area contributed by atoms with Crippen molar-refractivity contribution >= 4 is 17.7 Å². The van der Waals surface area contributed by atoms with Crippen LogP contribution in [0.4, 0.5) is 0 Å². The van der Waals surface area contributed by atoms with Crippen molar-refractivity contribution in [1.29, 1.82) is 0 Å². The van der Waals surface area contributed by atoms with Crippen LogP contribution >= 0.6 is 11.8 Å². The lowest BCUT2D eigenvalue weighted by atomic mass is 10.2. The van der Waals surface area contributed by atoms with Gasteiger partial charge in [-0.15, -0.1) is 11.8 Å². The van der Waals surface area contributed by atoms with E-state index >= 15 is 0 Å². The van der Waals surface area contributed by atoms with Crippen LogP contribution in [-0.4, -0.2) is 48.0 Å². The van der Waals surface area contributed by atoms with E-state index in [4.69, 9.17) is 4.74 Å². The van der Waals surface area contributed by atoms with E-state index in [2.05, 4.69) is 17.3 Å². The number of pyridine rings is 1. The minimum atomic E-state index is -0.0546. The molecule has 0 radical (unpaired) electrons. The van der Waals surface area contributed by atoms with Crippen LogP contribution in [0.1, 0.15) is 17.3 Å². The van der Waals surface area contributed by atoms with Crippen LogP contribution in [0, 0.1) is 0 Å². The molecule has 0 aliphatic carbocycles. The second-order valence-electron chi connectivity index (χ2n) is 3.80. The van der Waals surface area contributed by atoms with Gasteiger partial charge in [0.1, 0.15) is 0 Å². The number of thioether (sulfide) groups is 1. The molecule has 0 aromatic carbocycles. The van der Waals surface area contributed by atoms with Gasteiger partial charge in [0.25, 0.3) is 5.91 Å². The van der Waals surface area contributed by atoms with Crippen LogP contribution in [0.25, 0.3) is 0 Å². The summed E-state index contributed by atoms with van der Waals surface area (Å²) in [6.07, 6.45) is 1.63. The Balaban J connectivity index is 2.02. The Hall–Kier alpha value is -1.11. The molecule has 0 spiro atoms. The molecule has 1 amide bonds.